The molecule has 3 N–H and O–H groups in total. The standard InChI is InChI=1S/C9H14N2O2/c1-2-3-5-11-6-4-9(10,7-11)8(12)13/h1H,3-7,10H2,(H,12,13). The molecule has 0 aromatic heterocycles. The minimum atomic E-state index is -1.06. The summed E-state index contributed by atoms with van der Waals surface area (Å²) in [6.07, 6.45) is 6.27. The largest absolute Gasteiger partial charge is 0.480 e. The number of nitrogens with two attached hydrogens (primary N) is 1. The van der Waals surface area contributed by atoms with Crippen molar-refractivity contribution in [1.29, 1.82) is 0 Å². The van der Waals surface area contributed by atoms with E-state index in [4.69, 9.17) is 17.3 Å². The highest BCUT2D eigenvalue weighted by Crippen LogP contribution is 2.18. The van der Waals surface area contributed by atoms with Crippen LogP contribution in [0.3, 0.4) is 0 Å². The molecule has 1 unspecified atom stereocenters. The topological polar surface area (TPSA) is 66.6 Å². The summed E-state index contributed by atoms with van der Waals surface area (Å²) in [5, 5.41) is 8.82. The zero-order valence-corrected chi connectivity index (χ0v) is 7.49. The Labute approximate surface area is 77.7 Å². The van der Waals surface area contributed by atoms with Gasteiger partial charge in [0.25, 0.3) is 0 Å². The first-order valence-electron chi connectivity index (χ1n) is 4.26. The van der Waals surface area contributed by atoms with E-state index in [0.717, 1.165) is 13.1 Å². The Morgan fingerprint density at radius 1 is 1.77 bits per heavy atom. The molecule has 0 aliphatic carbocycles. The molecular formula is C9H14N2O2. The van der Waals surface area contributed by atoms with Crippen molar-refractivity contribution in [1.82, 2.24) is 4.90 Å². The Morgan fingerprint density at radius 3 is 2.92 bits per heavy atom. The van der Waals surface area contributed by atoms with Gasteiger partial charge >= 0.3 is 5.97 Å². The fourth-order valence-corrected chi connectivity index (χ4v) is 1.50. The van der Waals surface area contributed by atoms with Gasteiger partial charge in [-0.25, -0.2) is 0 Å². The summed E-state index contributed by atoms with van der Waals surface area (Å²) in [5.74, 6) is 1.60. The van der Waals surface area contributed by atoms with Crippen molar-refractivity contribution in [2.75, 3.05) is 19.6 Å². The smallest absolute Gasteiger partial charge is 0.325 e. The monoisotopic (exact) mass is 182 g/mol. The van der Waals surface area contributed by atoms with Crippen LogP contribution in [0.2, 0.25) is 0 Å². The summed E-state index contributed by atoms with van der Waals surface area (Å²) in [4.78, 5) is 12.7. The van der Waals surface area contributed by atoms with Crippen molar-refractivity contribution < 1.29 is 9.90 Å². The molecule has 1 fully saturated rings. The zero-order chi connectivity index (χ0) is 9.90. The van der Waals surface area contributed by atoms with Crippen LogP contribution in [-0.2, 0) is 4.79 Å². The van der Waals surface area contributed by atoms with Crippen LogP contribution in [-0.4, -0.2) is 41.1 Å². The highest BCUT2D eigenvalue weighted by molar-refractivity contribution is 5.79. The van der Waals surface area contributed by atoms with E-state index in [1.54, 1.807) is 0 Å². The van der Waals surface area contributed by atoms with Crippen molar-refractivity contribution >= 4 is 5.97 Å². The first kappa shape index (κ1) is 10.0. The van der Waals surface area contributed by atoms with Gasteiger partial charge in [-0.3, -0.25) is 9.69 Å². The number of carboxylic acids is 1. The second-order valence-corrected chi connectivity index (χ2v) is 3.44. The van der Waals surface area contributed by atoms with Crippen LogP contribution in [0.4, 0.5) is 0 Å². The van der Waals surface area contributed by atoms with E-state index in [-0.39, 0.29) is 0 Å². The number of likely N-dealkylation sites (tertiary alicyclic amines) is 1. The molecule has 1 atom stereocenters. The minimum Gasteiger partial charge on any atom is -0.480 e. The summed E-state index contributed by atoms with van der Waals surface area (Å²) in [6, 6.07) is 0. The summed E-state index contributed by atoms with van der Waals surface area (Å²) in [7, 11) is 0. The molecule has 0 radical (unpaired) electrons. The average molecular weight is 182 g/mol. The molecule has 4 heteroatoms. The van der Waals surface area contributed by atoms with Crippen molar-refractivity contribution in [3.63, 3.8) is 0 Å². The lowest BCUT2D eigenvalue weighted by Crippen LogP contribution is -2.50. The van der Waals surface area contributed by atoms with Crippen LogP contribution in [0.15, 0.2) is 0 Å². The summed E-state index contributed by atoms with van der Waals surface area (Å²) in [6.45, 7) is 1.87. The van der Waals surface area contributed by atoms with Crippen molar-refractivity contribution in [2.24, 2.45) is 5.73 Å². The second-order valence-electron chi connectivity index (χ2n) is 3.44. The van der Waals surface area contributed by atoms with E-state index in [1.807, 2.05) is 4.90 Å². The third kappa shape index (κ3) is 2.20. The first-order valence-corrected chi connectivity index (χ1v) is 4.26. The third-order valence-corrected chi connectivity index (χ3v) is 2.38. The van der Waals surface area contributed by atoms with Crippen LogP contribution in [0.1, 0.15) is 12.8 Å². The highest BCUT2D eigenvalue weighted by atomic mass is 16.4. The van der Waals surface area contributed by atoms with Gasteiger partial charge in [0, 0.05) is 26.1 Å². The maximum absolute atomic E-state index is 10.8. The molecule has 1 saturated heterocycles. The SMILES string of the molecule is C#CCCN1CCC(N)(C(=O)O)C1. The lowest BCUT2D eigenvalue weighted by Gasteiger charge is -2.19. The van der Waals surface area contributed by atoms with Crippen molar-refractivity contribution in [3.8, 4) is 12.3 Å². The second kappa shape index (κ2) is 3.77. The molecule has 0 aromatic rings. The van der Waals surface area contributed by atoms with Gasteiger partial charge in [-0.2, -0.15) is 0 Å². The Morgan fingerprint density at radius 2 is 2.46 bits per heavy atom. The van der Waals surface area contributed by atoms with Gasteiger partial charge in [0.2, 0.25) is 0 Å². The predicted octanol–water partition coefficient (Wildman–Crippen LogP) is -0.502. The van der Waals surface area contributed by atoms with Crippen LogP contribution in [0, 0.1) is 12.3 Å². The number of carboxylic acid groups (broad SMARTS) is 1. The van der Waals surface area contributed by atoms with Crippen LogP contribution in [0.25, 0.3) is 0 Å². The predicted molar refractivity (Wildman–Crippen MR) is 49.1 cm³/mol. The molecule has 72 valence electrons. The molecule has 1 aliphatic rings. The van der Waals surface area contributed by atoms with Gasteiger partial charge in [-0.05, 0) is 6.42 Å². The molecule has 13 heavy (non-hydrogen) atoms. The number of hydrogen-bond donors (Lipinski definition) is 2. The zero-order valence-electron chi connectivity index (χ0n) is 7.49. The molecule has 1 heterocycles. The Kier molecular flexibility index (Phi) is 2.91. The van der Waals surface area contributed by atoms with E-state index in [0.29, 0.717) is 19.4 Å². The Bertz CT molecular complexity index is 246. The van der Waals surface area contributed by atoms with E-state index in [2.05, 4.69) is 5.92 Å². The van der Waals surface area contributed by atoms with Gasteiger partial charge < -0.3 is 10.8 Å². The van der Waals surface area contributed by atoms with Gasteiger partial charge in [-0.1, -0.05) is 0 Å². The summed E-state index contributed by atoms with van der Waals surface area (Å²) >= 11 is 0. The molecule has 0 bridgehead atoms. The summed E-state index contributed by atoms with van der Waals surface area (Å²) in [5.41, 5.74) is 4.61. The Hall–Kier alpha value is -1.05. The van der Waals surface area contributed by atoms with Crippen LogP contribution in [0.5, 0.6) is 0 Å². The van der Waals surface area contributed by atoms with Crippen molar-refractivity contribution in [3.05, 3.63) is 0 Å². The molecule has 4 nitrogen and oxygen atoms in total. The third-order valence-electron chi connectivity index (χ3n) is 2.38. The van der Waals surface area contributed by atoms with Crippen LogP contribution < -0.4 is 5.73 Å². The molecule has 1 aliphatic heterocycles. The van der Waals surface area contributed by atoms with Crippen molar-refractivity contribution in [2.45, 2.75) is 18.4 Å². The minimum absolute atomic E-state index is 0.407. The van der Waals surface area contributed by atoms with Gasteiger partial charge in [0.15, 0.2) is 0 Å². The lowest BCUT2D eigenvalue weighted by molar-refractivity contribution is -0.142. The average Bonchev–Trinajstić information content (AvgIpc) is 2.45. The van der Waals surface area contributed by atoms with Gasteiger partial charge in [0.05, 0.1) is 0 Å². The quantitative estimate of drug-likeness (QED) is 0.577. The van der Waals surface area contributed by atoms with E-state index >= 15 is 0 Å². The maximum atomic E-state index is 10.8. The van der Waals surface area contributed by atoms with E-state index in [1.165, 1.54) is 0 Å². The Balaban J connectivity index is 2.45. The van der Waals surface area contributed by atoms with E-state index in [9.17, 15) is 4.79 Å². The summed E-state index contributed by atoms with van der Waals surface area (Å²) < 4.78 is 0. The highest BCUT2D eigenvalue weighted by Gasteiger charge is 2.40. The number of nitrogens with zero attached hydrogens (tertiary/aromatic N) is 1. The van der Waals surface area contributed by atoms with E-state index < -0.39 is 11.5 Å². The fourth-order valence-electron chi connectivity index (χ4n) is 1.50. The molecule has 0 amide bonds. The number of rotatable bonds is 3. The number of terminal acetylenes is 1. The number of carbonyl (C=O) groups is 1. The molecular weight excluding hydrogens is 168 g/mol. The molecule has 0 aromatic carbocycles. The van der Waals surface area contributed by atoms with Crippen LogP contribution >= 0.6 is 0 Å². The molecule has 0 spiro atoms. The number of aliphatic carboxylic acids is 1. The van der Waals surface area contributed by atoms with Gasteiger partial charge in [-0.15, -0.1) is 12.3 Å². The first-order chi connectivity index (χ1) is 6.08. The molecule has 1 rings (SSSR count). The number of hydrogen-bond acceptors (Lipinski definition) is 3. The maximum Gasteiger partial charge on any atom is 0.325 e. The fraction of sp³-hybridized carbons (Fsp3) is 0.667. The normalized spacial score (nSPS) is 28.6. The molecule has 0 saturated carbocycles. The lowest BCUT2D eigenvalue weighted by atomic mass is 10.0. The van der Waals surface area contributed by atoms with Gasteiger partial charge in [0.1, 0.15) is 5.54 Å².